The van der Waals surface area contributed by atoms with Gasteiger partial charge >= 0.3 is 0 Å². The van der Waals surface area contributed by atoms with Crippen molar-refractivity contribution in [2.45, 2.75) is 35.7 Å². The van der Waals surface area contributed by atoms with Gasteiger partial charge in [0.25, 0.3) is 5.56 Å². The van der Waals surface area contributed by atoms with E-state index in [0.717, 1.165) is 22.0 Å². The number of benzene rings is 1. The summed E-state index contributed by atoms with van der Waals surface area (Å²) in [7, 11) is 0. The van der Waals surface area contributed by atoms with Crippen molar-refractivity contribution in [1.82, 2.24) is 15.0 Å². The number of hydrogen-bond donors (Lipinski definition) is 2. The number of aryl methyl sites for hydroxylation is 1. The number of carbonyl (C=O) groups is 1. The zero-order chi connectivity index (χ0) is 20.6. The molecule has 0 aliphatic carbocycles. The lowest BCUT2D eigenvalue weighted by Gasteiger charge is -2.09. The lowest BCUT2D eigenvalue weighted by Crippen LogP contribution is -2.20. The highest BCUT2D eigenvalue weighted by molar-refractivity contribution is 7.98. The first-order chi connectivity index (χ1) is 14.0. The average molecular weight is 427 g/mol. The Morgan fingerprint density at radius 1 is 1.21 bits per heavy atom. The molecule has 0 spiro atoms. The highest BCUT2D eigenvalue weighted by Crippen LogP contribution is 2.22. The van der Waals surface area contributed by atoms with Crippen molar-refractivity contribution >= 4 is 35.1 Å². The molecule has 29 heavy (non-hydrogen) atoms. The third-order valence-corrected chi connectivity index (χ3v) is 5.83. The van der Waals surface area contributed by atoms with Crippen molar-refractivity contribution in [3.05, 3.63) is 75.8 Å². The number of H-pyrrole nitrogens is 1. The molecule has 1 amide bonds. The number of rotatable bonds is 8. The Morgan fingerprint density at radius 3 is 2.79 bits per heavy atom. The zero-order valence-electron chi connectivity index (χ0n) is 16.3. The highest BCUT2D eigenvalue weighted by atomic mass is 32.2. The van der Waals surface area contributed by atoms with Crippen LogP contribution >= 0.6 is 23.5 Å². The number of hydrogen-bond acceptors (Lipinski definition) is 6. The number of aromatic nitrogens is 3. The van der Waals surface area contributed by atoms with Crippen LogP contribution in [0.1, 0.15) is 23.2 Å². The zero-order valence-corrected chi connectivity index (χ0v) is 17.9. The maximum absolute atomic E-state index is 12.4. The minimum absolute atomic E-state index is 0.132. The fraction of sp³-hybridized carbons (Fsp3) is 0.238. The molecule has 1 aromatic carbocycles. The molecule has 8 heteroatoms. The number of nitrogens with zero attached hydrogens (tertiary/aromatic N) is 2. The van der Waals surface area contributed by atoms with Crippen LogP contribution in [0, 0.1) is 6.92 Å². The molecule has 0 radical (unpaired) electrons. The molecule has 2 N–H and O–H groups in total. The largest absolute Gasteiger partial charge is 0.326 e. The van der Waals surface area contributed by atoms with Crippen LogP contribution in [0.3, 0.4) is 0 Å². The summed E-state index contributed by atoms with van der Waals surface area (Å²) < 4.78 is 0. The molecule has 6 nitrogen and oxygen atoms in total. The normalized spacial score (nSPS) is 10.7. The minimum atomic E-state index is -0.178. The standard InChI is InChI=1S/C21H22N4O2S2/c1-14-17(20(27)25-21(23-14)28-2)9-10-18(26)24-16-7-5-6-15(12-16)13-29-19-8-3-4-11-22-19/h3-8,11-12H,9-10,13H2,1-2H3,(H,24,26)(H,23,25,27). The van der Waals surface area contributed by atoms with Crippen molar-refractivity contribution in [3.63, 3.8) is 0 Å². The molecule has 2 aromatic heterocycles. The van der Waals surface area contributed by atoms with Crippen LogP contribution in [0.2, 0.25) is 0 Å². The Bertz CT molecular complexity index is 1040. The molecule has 3 aromatic rings. The van der Waals surface area contributed by atoms with Gasteiger partial charge in [-0.05, 0) is 49.4 Å². The highest BCUT2D eigenvalue weighted by Gasteiger charge is 2.11. The van der Waals surface area contributed by atoms with Crippen LogP contribution in [-0.2, 0) is 17.0 Å². The van der Waals surface area contributed by atoms with Crippen molar-refractivity contribution in [2.75, 3.05) is 11.6 Å². The molecule has 3 rings (SSSR count). The Balaban J connectivity index is 1.56. The van der Waals surface area contributed by atoms with Gasteiger partial charge in [-0.3, -0.25) is 9.59 Å². The van der Waals surface area contributed by atoms with Gasteiger partial charge in [-0.2, -0.15) is 0 Å². The summed E-state index contributed by atoms with van der Waals surface area (Å²) >= 11 is 3.03. The second kappa shape index (κ2) is 10.3. The second-order valence-electron chi connectivity index (χ2n) is 6.34. The van der Waals surface area contributed by atoms with Crippen LogP contribution in [-0.4, -0.2) is 27.1 Å². The number of carbonyl (C=O) groups excluding carboxylic acids is 1. The fourth-order valence-corrected chi connectivity index (χ4v) is 3.99. The lowest BCUT2D eigenvalue weighted by molar-refractivity contribution is -0.116. The predicted molar refractivity (Wildman–Crippen MR) is 119 cm³/mol. The van der Waals surface area contributed by atoms with E-state index in [4.69, 9.17) is 0 Å². The van der Waals surface area contributed by atoms with Gasteiger partial charge in [0.1, 0.15) is 0 Å². The van der Waals surface area contributed by atoms with Crippen LogP contribution in [0.4, 0.5) is 5.69 Å². The summed E-state index contributed by atoms with van der Waals surface area (Å²) in [6.45, 7) is 1.80. The number of pyridine rings is 1. The maximum atomic E-state index is 12.4. The smallest absolute Gasteiger partial charge is 0.254 e. The number of nitrogens with one attached hydrogen (secondary N) is 2. The summed E-state index contributed by atoms with van der Waals surface area (Å²) in [5.41, 5.74) is 2.89. The summed E-state index contributed by atoms with van der Waals surface area (Å²) in [6.07, 6.45) is 4.20. The van der Waals surface area contributed by atoms with Crippen molar-refractivity contribution in [1.29, 1.82) is 0 Å². The Kier molecular flexibility index (Phi) is 7.48. The molecule has 0 saturated carbocycles. The van der Waals surface area contributed by atoms with E-state index in [0.29, 0.717) is 22.8 Å². The molecular weight excluding hydrogens is 404 g/mol. The second-order valence-corrected chi connectivity index (χ2v) is 8.13. The maximum Gasteiger partial charge on any atom is 0.254 e. The first kappa shape index (κ1) is 21.1. The van der Waals surface area contributed by atoms with Gasteiger partial charge in [0.2, 0.25) is 5.91 Å². The number of amides is 1. The van der Waals surface area contributed by atoms with Gasteiger partial charge in [0.05, 0.1) is 5.03 Å². The van der Waals surface area contributed by atoms with E-state index >= 15 is 0 Å². The Hall–Kier alpha value is -2.58. The van der Waals surface area contributed by atoms with Crippen molar-refractivity contribution < 1.29 is 4.79 Å². The molecular formula is C21H22N4O2S2. The molecule has 0 fully saturated rings. The minimum Gasteiger partial charge on any atom is -0.326 e. The summed E-state index contributed by atoms with van der Waals surface area (Å²) in [5.74, 6) is 0.634. The van der Waals surface area contributed by atoms with E-state index in [9.17, 15) is 9.59 Å². The molecule has 0 atom stereocenters. The molecule has 2 heterocycles. The van der Waals surface area contributed by atoms with E-state index in [1.807, 2.05) is 48.7 Å². The monoisotopic (exact) mass is 426 g/mol. The van der Waals surface area contributed by atoms with E-state index in [2.05, 4.69) is 20.3 Å². The molecule has 0 aliphatic heterocycles. The van der Waals surface area contributed by atoms with Gasteiger partial charge < -0.3 is 10.3 Å². The van der Waals surface area contributed by atoms with Crippen molar-refractivity contribution in [2.24, 2.45) is 0 Å². The summed E-state index contributed by atoms with van der Waals surface area (Å²) in [5, 5.41) is 4.46. The SMILES string of the molecule is CSc1nc(C)c(CCC(=O)Nc2cccc(CSc3ccccn3)c2)c(=O)[nH]1. The fourth-order valence-electron chi connectivity index (χ4n) is 2.77. The molecule has 0 aliphatic rings. The quantitative estimate of drug-likeness (QED) is 0.417. The lowest BCUT2D eigenvalue weighted by atomic mass is 10.1. The van der Waals surface area contributed by atoms with Crippen LogP contribution < -0.4 is 10.9 Å². The summed E-state index contributed by atoms with van der Waals surface area (Å²) in [6, 6.07) is 13.6. The molecule has 0 saturated heterocycles. The van der Waals surface area contributed by atoms with Gasteiger partial charge in [-0.1, -0.05) is 30.0 Å². The van der Waals surface area contributed by atoms with E-state index in [1.54, 1.807) is 24.9 Å². The topological polar surface area (TPSA) is 87.7 Å². The van der Waals surface area contributed by atoms with Gasteiger partial charge in [0, 0.05) is 35.3 Å². The number of anilines is 1. The number of aromatic amines is 1. The Morgan fingerprint density at radius 2 is 2.07 bits per heavy atom. The summed E-state index contributed by atoms with van der Waals surface area (Å²) in [4.78, 5) is 35.9. The molecule has 150 valence electrons. The van der Waals surface area contributed by atoms with Gasteiger partial charge in [-0.15, -0.1) is 11.8 Å². The molecule has 0 unspecified atom stereocenters. The van der Waals surface area contributed by atoms with Gasteiger partial charge in [0.15, 0.2) is 5.16 Å². The third-order valence-electron chi connectivity index (χ3n) is 4.23. The van der Waals surface area contributed by atoms with Crippen LogP contribution in [0.5, 0.6) is 0 Å². The van der Waals surface area contributed by atoms with Crippen LogP contribution in [0.15, 0.2) is 63.6 Å². The average Bonchev–Trinajstić information content (AvgIpc) is 2.72. The molecule has 0 bridgehead atoms. The number of thioether (sulfide) groups is 2. The van der Waals surface area contributed by atoms with Crippen LogP contribution in [0.25, 0.3) is 0 Å². The predicted octanol–water partition coefficient (Wildman–Crippen LogP) is 4.06. The van der Waals surface area contributed by atoms with E-state index in [-0.39, 0.29) is 17.9 Å². The first-order valence-corrected chi connectivity index (χ1v) is 11.3. The first-order valence-electron chi connectivity index (χ1n) is 9.11. The Labute approximate surface area is 178 Å². The third kappa shape index (κ3) is 6.20. The van der Waals surface area contributed by atoms with Gasteiger partial charge in [-0.25, -0.2) is 9.97 Å². The van der Waals surface area contributed by atoms with Crippen molar-refractivity contribution in [3.8, 4) is 0 Å². The van der Waals surface area contributed by atoms with E-state index in [1.165, 1.54) is 11.8 Å². The van der Waals surface area contributed by atoms with E-state index < -0.39 is 0 Å².